The first-order chi connectivity index (χ1) is 6.03. The molecule has 0 aromatic carbocycles. The molecular weight excluding hydrogens is 180 g/mol. The lowest BCUT2D eigenvalue weighted by molar-refractivity contribution is -0.141. The Hall–Kier alpha value is -0.313. The molecule has 0 amide bonds. The Morgan fingerprint density at radius 2 is 2.23 bits per heavy atom. The van der Waals surface area contributed by atoms with E-state index in [4.69, 9.17) is 4.74 Å². The fraction of sp³-hybridized carbons (Fsp3) is 0.900. The van der Waals surface area contributed by atoms with Gasteiger partial charge in [-0.25, -0.2) is 0 Å². The standard InChI is InChI=1S/C10H20O2Si/c1-12-10(11)7-9-5-4-6-13(2,3)8-9/h9H,4-8H2,1-3H3. The quantitative estimate of drug-likeness (QED) is 0.506. The van der Waals surface area contributed by atoms with Crippen molar-refractivity contribution in [2.24, 2.45) is 5.92 Å². The van der Waals surface area contributed by atoms with Crippen molar-refractivity contribution in [1.29, 1.82) is 0 Å². The van der Waals surface area contributed by atoms with Crippen molar-refractivity contribution in [1.82, 2.24) is 0 Å². The number of esters is 1. The van der Waals surface area contributed by atoms with Gasteiger partial charge in [0.2, 0.25) is 0 Å². The summed E-state index contributed by atoms with van der Waals surface area (Å²) in [5.74, 6) is 0.583. The summed E-state index contributed by atoms with van der Waals surface area (Å²) < 4.78 is 4.70. The first kappa shape index (κ1) is 10.8. The van der Waals surface area contributed by atoms with E-state index in [0.29, 0.717) is 12.3 Å². The SMILES string of the molecule is COC(=O)CC1CCC[Si](C)(C)C1. The fourth-order valence-electron chi connectivity index (χ4n) is 2.35. The van der Waals surface area contributed by atoms with E-state index in [9.17, 15) is 4.79 Å². The van der Waals surface area contributed by atoms with Crippen molar-refractivity contribution in [3.8, 4) is 0 Å². The zero-order chi connectivity index (χ0) is 9.90. The second-order valence-electron chi connectivity index (χ2n) is 4.91. The van der Waals surface area contributed by atoms with Gasteiger partial charge >= 0.3 is 5.97 Å². The van der Waals surface area contributed by atoms with Gasteiger partial charge in [-0.3, -0.25) is 4.79 Å². The van der Waals surface area contributed by atoms with Crippen LogP contribution in [-0.4, -0.2) is 21.2 Å². The molecule has 1 saturated heterocycles. The second-order valence-corrected chi connectivity index (χ2v) is 10.1. The number of methoxy groups -OCH3 is 1. The van der Waals surface area contributed by atoms with Crippen molar-refractivity contribution in [2.75, 3.05) is 7.11 Å². The average molecular weight is 200 g/mol. The summed E-state index contributed by atoms with van der Waals surface area (Å²) >= 11 is 0. The van der Waals surface area contributed by atoms with Gasteiger partial charge in [-0.15, -0.1) is 0 Å². The molecule has 0 radical (unpaired) electrons. The molecule has 0 aromatic rings. The number of hydrogen-bond acceptors (Lipinski definition) is 2. The summed E-state index contributed by atoms with van der Waals surface area (Å²) in [7, 11) is 0.539. The highest BCUT2D eigenvalue weighted by Gasteiger charge is 2.30. The third-order valence-electron chi connectivity index (χ3n) is 2.99. The minimum absolute atomic E-state index is 0.0308. The molecule has 2 nitrogen and oxygen atoms in total. The van der Waals surface area contributed by atoms with Gasteiger partial charge in [-0.05, 0) is 5.92 Å². The molecule has 1 heterocycles. The number of hydrogen-bond donors (Lipinski definition) is 0. The van der Waals surface area contributed by atoms with Crippen LogP contribution in [0.4, 0.5) is 0 Å². The highest BCUT2D eigenvalue weighted by atomic mass is 28.3. The van der Waals surface area contributed by atoms with Crippen LogP contribution in [0.25, 0.3) is 0 Å². The smallest absolute Gasteiger partial charge is 0.305 e. The van der Waals surface area contributed by atoms with Gasteiger partial charge in [-0.2, -0.15) is 0 Å². The zero-order valence-corrected chi connectivity index (χ0v) is 9.93. The van der Waals surface area contributed by atoms with Crippen molar-refractivity contribution in [3.05, 3.63) is 0 Å². The maximum atomic E-state index is 11.1. The first-order valence-electron chi connectivity index (χ1n) is 5.10. The molecular formula is C10H20O2Si. The summed E-state index contributed by atoms with van der Waals surface area (Å²) in [6.45, 7) is 4.85. The van der Waals surface area contributed by atoms with Gasteiger partial charge in [0.05, 0.1) is 7.11 Å². The summed E-state index contributed by atoms with van der Waals surface area (Å²) in [6, 6.07) is 2.74. The molecule has 0 aliphatic carbocycles. The van der Waals surface area contributed by atoms with Crippen LogP contribution in [0, 0.1) is 5.92 Å². The molecule has 1 aliphatic heterocycles. The third kappa shape index (κ3) is 3.51. The van der Waals surface area contributed by atoms with E-state index in [2.05, 4.69) is 13.1 Å². The highest BCUT2D eigenvalue weighted by molar-refractivity contribution is 6.77. The summed E-state index contributed by atoms with van der Waals surface area (Å²) in [4.78, 5) is 11.1. The van der Waals surface area contributed by atoms with E-state index in [1.807, 2.05) is 0 Å². The average Bonchev–Trinajstić information content (AvgIpc) is 2.02. The van der Waals surface area contributed by atoms with Crippen LogP contribution < -0.4 is 0 Å². The highest BCUT2D eigenvalue weighted by Crippen LogP contribution is 2.34. The van der Waals surface area contributed by atoms with Gasteiger partial charge in [0.1, 0.15) is 0 Å². The van der Waals surface area contributed by atoms with Gasteiger partial charge in [0.25, 0.3) is 0 Å². The molecule has 1 aliphatic rings. The van der Waals surface area contributed by atoms with E-state index in [0.717, 1.165) is 0 Å². The van der Waals surface area contributed by atoms with Crippen molar-refractivity contribution < 1.29 is 9.53 Å². The molecule has 1 rings (SSSR count). The molecule has 0 N–H and O–H groups in total. The fourth-order valence-corrected chi connectivity index (χ4v) is 5.62. The Bertz CT molecular complexity index is 189. The number of carbonyl (C=O) groups is 1. The molecule has 1 atom stereocenters. The molecule has 13 heavy (non-hydrogen) atoms. The van der Waals surface area contributed by atoms with Gasteiger partial charge in [0.15, 0.2) is 0 Å². The van der Waals surface area contributed by atoms with Crippen molar-refractivity contribution in [2.45, 2.75) is 44.4 Å². The predicted molar refractivity (Wildman–Crippen MR) is 56.5 cm³/mol. The van der Waals surface area contributed by atoms with E-state index in [1.165, 1.54) is 32.0 Å². The van der Waals surface area contributed by atoms with Crippen LogP contribution in [-0.2, 0) is 9.53 Å². The largest absolute Gasteiger partial charge is 0.469 e. The Balaban J connectivity index is 2.39. The van der Waals surface area contributed by atoms with Crippen LogP contribution >= 0.6 is 0 Å². The zero-order valence-electron chi connectivity index (χ0n) is 8.93. The van der Waals surface area contributed by atoms with Crippen LogP contribution in [0.3, 0.4) is 0 Å². The molecule has 0 aromatic heterocycles. The minimum atomic E-state index is -0.941. The Labute approximate surface area is 81.7 Å². The Morgan fingerprint density at radius 1 is 1.54 bits per heavy atom. The Morgan fingerprint density at radius 3 is 2.77 bits per heavy atom. The molecule has 1 unspecified atom stereocenters. The van der Waals surface area contributed by atoms with E-state index in [-0.39, 0.29) is 5.97 Å². The lowest BCUT2D eigenvalue weighted by Crippen LogP contribution is -2.33. The maximum absolute atomic E-state index is 11.1. The molecule has 76 valence electrons. The number of rotatable bonds is 2. The maximum Gasteiger partial charge on any atom is 0.305 e. The van der Waals surface area contributed by atoms with E-state index >= 15 is 0 Å². The lowest BCUT2D eigenvalue weighted by atomic mass is 10.0. The summed E-state index contributed by atoms with van der Waals surface area (Å²) in [5.41, 5.74) is 0. The van der Waals surface area contributed by atoms with Gasteiger partial charge < -0.3 is 4.74 Å². The number of ether oxygens (including phenoxy) is 1. The van der Waals surface area contributed by atoms with E-state index < -0.39 is 8.07 Å². The van der Waals surface area contributed by atoms with E-state index in [1.54, 1.807) is 0 Å². The van der Waals surface area contributed by atoms with Gasteiger partial charge in [-0.1, -0.05) is 38.0 Å². The lowest BCUT2D eigenvalue weighted by Gasteiger charge is -2.33. The summed E-state index contributed by atoms with van der Waals surface area (Å²) in [5, 5.41) is 0. The van der Waals surface area contributed by atoms with Crippen molar-refractivity contribution >= 4 is 14.0 Å². The second kappa shape index (κ2) is 4.27. The van der Waals surface area contributed by atoms with Crippen LogP contribution in [0.1, 0.15) is 19.3 Å². The number of carbonyl (C=O) groups excluding carboxylic acids is 1. The molecule has 3 heteroatoms. The normalized spacial score (nSPS) is 26.8. The molecule has 0 bridgehead atoms. The molecule has 1 fully saturated rings. The monoisotopic (exact) mass is 200 g/mol. The van der Waals surface area contributed by atoms with Crippen molar-refractivity contribution in [3.63, 3.8) is 0 Å². The molecule has 0 saturated carbocycles. The first-order valence-corrected chi connectivity index (χ1v) is 8.52. The molecule has 0 spiro atoms. The van der Waals surface area contributed by atoms with Crippen LogP contribution in [0.15, 0.2) is 0 Å². The minimum Gasteiger partial charge on any atom is -0.469 e. The van der Waals surface area contributed by atoms with Crippen LogP contribution in [0.5, 0.6) is 0 Å². The van der Waals surface area contributed by atoms with Gasteiger partial charge in [0, 0.05) is 14.5 Å². The predicted octanol–water partition coefficient (Wildman–Crippen LogP) is 2.67. The summed E-state index contributed by atoms with van der Waals surface area (Å²) in [6.07, 6.45) is 3.19. The topological polar surface area (TPSA) is 26.3 Å². The third-order valence-corrected chi connectivity index (χ3v) is 6.38. The van der Waals surface area contributed by atoms with Crippen LogP contribution in [0.2, 0.25) is 25.2 Å². The Kier molecular flexibility index (Phi) is 3.53.